The third-order valence-corrected chi connectivity index (χ3v) is 3.98. The van der Waals surface area contributed by atoms with Gasteiger partial charge in [-0.2, -0.15) is 0 Å². The Bertz CT molecular complexity index is 552. The number of rotatable bonds is 4. The average molecular weight is 252 g/mol. The molecule has 2 aromatic carbocycles. The molecule has 0 saturated heterocycles. The maximum Gasteiger partial charge on any atom is 0.104 e. The van der Waals surface area contributed by atoms with E-state index in [0.717, 1.165) is 23.5 Å². The van der Waals surface area contributed by atoms with E-state index in [2.05, 4.69) is 37.3 Å². The second-order valence-electron chi connectivity index (χ2n) is 5.44. The molecule has 1 saturated carbocycles. The van der Waals surface area contributed by atoms with Crippen molar-refractivity contribution in [3.63, 3.8) is 0 Å². The van der Waals surface area contributed by atoms with Crippen LogP contribution in [0.1, 0.15) is 54.0 Å². The van der Waals surface area contributed by atoms with Crippen LogP contribution < -0.4 is 0 Å². The van der Waals surface area contributed by atoms with E-state index in [9.17, 15) is 5.11 Å². The molecule has 1 N–H and O–H groups in total. The first kappa shape index (κ1) is 12.4. The average Bonchev–Trinajstić information content (AvgIpc) is 3.31. The Morgan fingerprint density at radius 3 is 2.42 bits per heavy atom. The minimum atomic E-state index is -0.510. The van der Waals surface area contributed by atoms with E-state index in [4.69, 9.17) is 0 Å². The molecule has 0 spiro atoms. The van der Waals surface area contributed by atoms with Gasteiger partial charge in [-0.15, -0.1) is 0 Å². The van der Waals surface area contributed by atoms with E-state index in [0.29, 0.717) is 0 Å². The van der Waals surface area contributed by atoms with Gasteiger partial charge in [0.2, 0.25) is 0 Å². The minimum Gasteiger partial charge on any atom is -0.384 e. The number of aliphatic hydroxyl groups excluding tert-OH is 1. The summed E-state index contributed by atoms with van der Waals surface area (Å²) in [5, 5.41) is 10.5. The summed E-state index contributed by atoms with van der Waals surface area (Å²) in [5.41, 5.74) is 4.67. The number of hydrogen-bond donors (Lipinski definition) is 1. The summed E-state index contributed by atoms with van der Waals surface area (Å²) in [6.07, 6.45) is 3.12. The highest BCUT2D eigenvalue weighted by Crippen LogP contribution is 2.40. The molecule has 0 heterocycles. The second kappa shape index (κ2) is 5.18. The van der Waals surface area contributed by atoms with Crippen LogP contribution in [0.4, 0.5) is 0 Å². The van der Waals surface area contributed by atoms with Gasteiger partial charge in [-0.05, 0) is 47.4 Å². The third-order valence-electron chi connectivity index (χ3n) is 3.98. The van der Waals surface area contributed by atoms with E-state index in [1.165, 1.54) is 24.0 Å². The zero-order valence-corrected chi connectivity index (χ0v) is 11.3. The lowest BCUT2D eigenvalue weighted by Gasteiger charge is -2.13. The zero-order valence-electron chi connectivity index (χ0n) is 11.3. The highest BCUT2D eigenvalue weighted by atomic mass is 16.3. The molecule has 2 aromatic rings. The van der Waals surface area contributed by atoms with E-state index < -0.39 is 6.10 Å². The standard InChI is InChI=1S/C18H20O/c1-2-13-6-8-15(9-7-13)18(19)17-5-3-4-16(12-17)14-10-11-14/h3-9,12,14,18-19H,2,10-11H2,1H3. The summed E-state index contributed by atoms with van der Waals surface area (Å²) in [4.78, 5) is 0. The lowest BCUT2D eigenvalue weighted by molar-refractivity contribution is 0.220. The molecule has 0 aromatic heterocycles. The molecule has 1 nitrogen and oxygen atoms in total. The molecule has 0 bridgehead atoms. The van der Waals surface area contributed by atoms with Gasteiger partial charge < -0.3 is 5.11 Å². The normalized spacial score (nSPS) is 16.3. The second-order valence-corrected chi connectivity index (χ2v) is 5.44. The molecule has 1 heteroatoms. The van der Waals surface area contributed by atoms with Gasteiger partial charge in [-0.1, -0.05) is 55.5 Å². The van der Waals surface area contributed by atoms with Gasteiger partial charge in [0, 0.05) is 0 Å². The Balaban J connectivity index is 1.85. The van der Waals surface area contributed by atoms with Gasteiger partial charge in [0.15, 0.2) is 0 Å². The fourth-order valence-corrected chi connectivity index (χ4v) is 2.53. The van der Waals surface area contributed by atoms with Crippen LogP contribution in [0, 0.1) is 0 Å². The van der Waals surface area contributed by atoms with Crippen molar-refractivity contribution in [2.45, 2.75) is 38.2 Å². The molecule has 98 valence electrons. The van der Waals surface area contributed by atoms with E-state index >= 15 is 0 Å². The SMILES string of the molecule is CCc1ccc(C(O)c2cccc(C3CC3)c2)cc1. The summed E-state index contributed by atoms with van der Waals surface area (Å²) >= 11 is 0. The molecule has 1 atom stereocenters. The Morgan fingerprint density at radius 2 is 1.79 bits per heavy atom. The van der Waals surface area contributed by atoms with Crippen molar-refractivity contribution in [1.29, 1.82) is 0 Å². The number of hydrogen-bond acceptors (Lipinski definition) is 1. The number of aliphatic hydroxyl groups is 1. The maximum absolute atomic E-state index is 10.5. The highest BCUT2D eigenvalue weighted by Gasteiger charge is 2.24. The predicted octanol–water partition coefficient (Wildman–Crippen LogP) is 4.21. The van der Waals surface area contributed by atoms with E-state index in [1.54, 1.807) is 0 Å². The molecule has 0 radical (unpaired) electrons. The quantitative estimate of drug-likeness (QED) is 0.864. The van der Waals surface area contributed by atoms with Crippen molar-refractivity contribution >= 4 is 0 Å². The van der Waals surface area contributed by atoms with Crippen molar-refractivity contribution in [1.82, 2.24) is 0 Å². The van der Waals surface area contributed by atoms with Gasteiger partial charge in [0.1, 0.15) is 6.10 Å². The lowest BCUT2D eigenvalue weighted by atomic mass is 9.97. The fourth-order valence-electron chi connectivity index (χ4n) is 2.53. The first-order valence-electron chi connectivity index (χ1n) is 7.14. The minimum absolute atomic E-state index is 0.510. The Labute approximate surface area is 114 Å². The predicted molar refractivity (Wildman–Crippen MR) is 78.3 cm³/mol. The molecule has 0 aliphatic heterocycles. The Morgan fingerprint density at radius 1 is 1.05 bits per heavy atom. The monoisotopic (exact) mass is 252 g/mol. The number of benzene rings is 2. The Hall–Kier alpha value is -1.60. The van der Waals surface area contributed by atoms with Gasteiger partial charge in [0.05, 0.1) is 0 Å². The van der Waals surface area contributed by atoms with Crippen molar-refractivity contribution in [3.05, 3.63) is 70.8 Å². The first-order chi connectivity index (χ1) is 9.28. The molecule has 1 fully saturated rings. The molecule has 1 unspecified atom stereocenters. The third kappa shape index (κ3) is 2.71. The molecule has 3 rings (SSSR count). The summed E-state index contributed by atoms with van der Waals surface area (Å²) < 4.78 is 0. The van der Waals surface area contributed by atoms with Crippen LogP contribution in [0.2, 0.25) is 0 Å². The smallest absolute Gasteiger partial charge is 0.104 e. The lowest BCUT2D eigenvalue weighted by Crippen LogP contribution is -2.00. The van der Waals surface area contributed by atoms with Crippen LogP contribution in [0.3, 0.4) is 0 Å². The maximum atomic E-state index is 10.5. The summed E-state index contributed by atoms with van der Waals surface area (Å²) in [5.74, 6) is 0.731. The summed E-state index contributed by atoms with van der Waals surface area (Å²) in [6, 6.07) is 16.7. The van der Waals surface area contributed by atoms with Crippen LogP contribution in [0.5, 0.6) is 0 Å². The van der Waals surface area contributed by atoms with Gasteiger partial charge in [-0.3, -0.25) is 0 Å². The molecule has 1 aliphatic rings. The molecule has 19 heavy (non-hydrogen) atoms. The van der Waals surface area contributed by atoms with Crippen LogP contribution in [0.15, 0.2) is 48.5 Å². The highest BCUT2D eigenvalue weighted by molar-refractivity contribution is 5.36. The van der Waals surface area contributed by atoms with Crippen LogP contribution in [0.25, 0.3) is 0 Å². The first-order valence-corrected chi connectivity index (χ1v) is 7.14. The van der Waals surface area contributed by atoms with Crippen LogP contribution in [-0.2, 0) is 6.42 Å². The van der Waals surface area contributed by atoms with Gasteiger partial charge >= 0.3 is 0 Å². The van der Waals surface area contributed by atoms with Crippen LogP contribution >= 0.6 is 0 Å². The van der Waals surface area contributed by atoms with Crippen molar-refractivity contribution in [2.75, 3.05) is 0 Å². The van der Waals surface area contributed by atoms with Crippen molar-refractivity contribution in [3.8, 4) is 0 Å². The van der Waals surface area contributed by atoms with Crippen molar-refractivity contribution in [2.24, 2.45) is 0 Å². The molecule has 1 aliphatic carbocycles. The Kier molecular flexibility index (Phi) is 3.39. The van der Waals surface area contributed by atoms with E-state index in [1.807, 2.05) is 18.2 Å². The molecular weight excluding hydrogens is 232 g/mol. The van der Waals surface area contributed by atoms with Crippen molar-refractivity contribution < 1.29 is 5.11 Å². The number of aryl methyl sites for hydroxylation is 1. The molecule has 0 amide bonds. The van der Waals surface area contributed by atoms with Gasteiger partial charge in [-0.25, -0.2) is 0 Å². The largest absolute Gasteiger partial charge is 0.384 e. The summed E-state index contributed by atoms with van der Waals surface area (Å²) in [6.45, 7) is 2.14. The van der Waals surface area contributed by atoms with E-state index in [-0.39, 0.29) is 0 Å². The topological polar surface area (TPSA) is 20.2 Å². The molecular formula is C18H20O. The van der Waals surface area contributed by atoms with Gasteiger partial charge in [0.25, 0.3) is 0 Å². The summed E-state index contributed by atoms with van der Waals surface area (Å²) in [7, 11) is 0. The van der Waals surface area contributed by atoms with Crippen LogP contribution in [-0.4, -0.2) is 5.11 Å². The zero-order chi connectivity index (χ0) is 13.2. The fraction of sp³-hybridized carbons (Fsp3) is 0.333.